The molecular weight excluding hydrogens is 445 g/mol. The molecule has 0 saturated carbocycles. The summed E-state index contributed by atoms with van der Waals surface area (Å²) in [6.45, 7) is 2.77. The predicted molar refractivity (Wildman–Crippen MR) is 118 cm³/mol. The van der Waals surface area contributed by atoms with Crippen LogP contribution in [-0.2, 0) is 4.74 Å². The van der Waals surface area contributed by atoms with Gasteiger partial charge in [0.2, 0.25) is 0 Å². The van der Waals surface area contributed by atoms with Gasteiger partial charge in [-0.2, -0.15) is 11.8 Å². The highest BCUT2D eigenvalue weighted by Crippen LogP contribution is 2.33. The minimum absolute atomic E-state index is 0. The van der Waals surface area contributed by atoms with E-state index < -0.39 is 0 Å². The first-order valence-corrected chi connectivity index (χ1v) is 10.1. The van der Waals surface area contributed by atoms with E-state index in [-0.39, 0.29) is 30.1 Å². The molecule has 3 atom stereocenters. The number of thioether (sulfide) groups is 1. The molecule has 0 amide bonds. The smallest absolute Gasteiger partial charge is 0.191 e. The van der Waals surface area contributed by atoms with Crippen molar-refractivity contribution in [1.82, 2.24) is 10.6 Å². The molecule has 3 rings (SSSR count). The van der Waals surface area contributed by atoms with E-state index >= 15 is 0 Å². The number of rotatable bonds is 5. The van der Waals surface area contributed by atoms with Gasteiger partial charge in [0.25, 0.3) is 0 Å². The summed E-state index contributed by atoms with van der Waals surface area (Å²) in [6, 6.07) is 10.6. The number of halogens is 1. The van der Waals surface area contributed by atoms with Crippen molar-refractivity contribution in [3.63, 3.8) is 0 Å². The first kappa shape index (κ1) is 20.8. The Morgan fingerprint density at radius 2 is 1.96 bits per heavy atom. The highest BCUT2D eigenvalue weighted by atomic mass is 127. The Kier molecular flexibility index (Phi) is 9.41. The SMILES string of the molecule is CN=C(NCC1CCCS1)NCC1CCCOC1c1ccccc1.I. The molecule has 2 fully saturated rings. The molecule has 2 aliphatic rings. The second-order valence-electron chi connectivity index (χ2n) is 6.57. The largest absolute Gasteiger partial charge is 0.373 e. The van der Waals surface area contributed by atoms with Crippen LogP contribution in [0.25, 0.3) is 0 Å². The lowest BCUT2D eigenvalue weighted by molar-refractivity contribution is -0.0265. The maximum atomic E-state index is 6.08. The third-order valence-corrected chi connectivity index (χ3v) is 6.25. The molecule has 2 heterocycles. The van der Waals surface area contributed by atoms with Gasteiger partial charge in [0, 0.05) is 37.9 Å². The molecule has 2 aliphatic heterocycles. The Morgan fingerprint density at radius 3 is 2.68 bits per heavy atom. The fourth-order valence-corrected chi connectivity index (χ4v) is 4.73. The molecule has 6 heteroatoms. The van der Waals surface area contributed by atoms with Gasteiger partial charge in [0.15, 0.2) is 5.96 Å². The highest BCUT2D eigenvalue weighted by molar-refractivity contribution is 14.0. The van der Waals surface area contributed by atoms with Crippen LogP contribution < -0.4 is 10.6 Å². The van der Waals surface area contributed by atoms with Gasteiger partial charge in [-0.1, -0.05) is 30.3 Å². The molecule has 0 aromatic heterocycles. The Labute approximate surface area is 173 Å². The van der Waals surface area contributed by atoms with Gasteiger partial charge < -0.3 is 15.4 Å². The first-order valence-electron chi connectivity index (χ1n) is 9.09. The van der Waals surface area contributed by atoms with Crippen LogP contribution in [-0.4, -0.2) is 43.7 Å². The molecular formula is C19H30IN3OS. The van der Waals surface area contributed by atoms with Gasteiger partial charge in [0.05, 0.1) is 6.10 Å². The molecule has 1 aromatic rings. The van der Waals surface area contributed by atoms with Crippen molar-refractivity contribution >= 4 is 41.7 Å². The third kappa shape index (κ3) is 6.32. The molecule has 140 valence electrons. The summed E-state index contributed by atoms with van der Waals surface area (Å²) in [7, 11) is 1.85. The molecule has 0 spiro atoms. The number of aliphatic imine (C=N–C) groups is 1. The molecule has 0 bridgehead atoms. The van der Waals surface area contributed by atoms with E-state index in [1.165, 1.54) is 30.6 Å². The lowest BCUT2D eigenvalue weighted by Crippen LogP contribution is -2.43. The Hall–Kier alpha value is -0.470. The number of nitrogens with one attached hydrogen (secondary N) is 2. The van der Waals surface area contributed by atoms with Gasteiger partial charge in [-0.3, -0.25) is 4.99 Å². The van der Waals surface area contributed by atoms with Crippen molar-refractivity contribution in [2.24, 2.45) is 10.9 Å². The summed E-state index contributed by atoms with van der Waals surface area (Å²) < 4.78 is 6.08. The average molecular weight is 475 g/mol. The Morgan fingerprint density at radius 1 is 1.16 bits per heavy atom. The fourth-order valence-electron chi connectivity index (χ4n) is 3.53. The molecule has 0 aliphatic carbocycles. The lowest BCUT2D eigenvalue weighted by atomic mass is 9.89. The maximum absolute atomic E-state index is 6.08. The van der Waals surface area contributed by atoms with Crippen molar-refractivity contribution in [3.8, 4) is 0 Å². The van der Waals surface area contributed by atoms with Crippen LogP contribution in [0.15, 0.2) is 35.3 Å². The molecule has 0 radical (unpaired) electrons. The molecule has 1 aromatic carbocycles. The van der Waals surface area contributed by atoms with Crippen LogP contribution in [0, 0.1) is 5.92 Å². The molecule has 2 N–H and O–H groups in total. The Bertz CT molecular complexity index is 523. The quantitative estimate of drug-likeness (QED) is 0.386. The third-order valence-electron chi connectivity index (χ3n) is 4.85. The van der Waals surface area contributed by atoms with Crippen LogP contribution in [0.2, 0.25) is 0 Å². The van der Waals surface area contributed by atoms with Gasteiger partial charge in [-0.15, -0.1) is 24.0 Å². The topological polar surface area (TPSA) is 45.7 Å². The van der Waals surface area contributed by atoms with E-state index in [0.717, 1.165) is 37.3 Å². The fraction of sp³-hybridized carbons (Fsp3) is 0.632. The predicted octanol–water partition coefficient (Wildman–Crippen LogP) is 3.83. The van der Waals surface area contributed by atoms with Crippen molar-refractivity contribution in [2.75, 3.05) is 32.5 Å². The van der Waals surface area contributed by atoms with E-state index in [0.29, 0.717) is 5.92 Å². The second-order valence-corrected chi connectivity index (χ2v) is 7.98. The number of benzene rings is 1. The van der Waals surface area contributed by atoms with Gasteiger partial charge in [0.1, 0.15) is 0 Å². The number of hydrogen-bond acceptors (Lipinski definition) is 3. The van der Waals surface area contributed by atoms with Crippen molar-refractivity contribution in [1.29, 1.82) is 0 Å². The zero-order valence-electron chi connectivity index (χ0n) is 14.9. The molecule has 25 heavy (non-hydrogen) atoms. The van der Waals surface area contributed by atoms with Gasteiger partial charge >= 0.3 is 0 Å². The van der Waals surface area contributed by atoms with E-state index in [4.69, 9.17) is 4.74 Å². The van der Waals surface area contributed by atoms with E-state index in [1.807, 2.05) is 7.05 Å². The van der Waals surface area contributed by atoms with Crippen LogP contribution >= 0.6 is 35.7 Å². The van der Waals surface area contributed by atoms with Crippen molar-refractivity contribution in [2.45, 2.75) is 37.0 Å². The van der Waals surface area contributed by atoms with Crippen LogP contribution in [0.3, 0.4) is 0 Å². The van der Waals surface area contributed by atoms with Crippen molar-refractivity contribution in [3.05, 3.63) is 35.9 Å². The van der Waals surface area contributed by atoms with E-state index in [9.17, 15) is 0 Å². The van der Waals surface area contributed by atoms with Gasteiger partial charge in [-0.25, -0.2) is 0 Å². The van der Waals surface area contributed by atoms with Crippen LogP contribution in [0.4, 0.5) is 0 Å². The Balaban J connectivity index is 0.00000225. The summed E-state index contributed by atoms with van der Waals surface area (Å²) in [5, 5.41) is 7.73. The molecule has 4 nitrogen and oxygen atoms in total. The minimum Gasteiger partial charge on any atom is -0.373 e. The summed E-state index contributed by atoms with van der Waals surface area (Å²) in [4.78, 5) is 4.38. The van der Waals surface area contributed by atoms with Gasteiger partial charge in [-0.05, 0) is 37.0 Å². The molecule has 3 unspecified atom stereocenters. The molecule has 2 saturated heterocycles. The normalized spacial score (nSPS) is 26.8. The highest BCUT2D eigenvalue weighted by Gasteiger charge is 2.27. The summed E-state index contributed by atoms with van der Waals surface area (Å²) in [6.07, 6.45) is 5.20. The zero-order valence-corrected chi connectivity index (χ0v) is 18.1. The second kappa shape index (κ2) is 11.3. The monoisotopic (exact) mass is 475 g/mol. The maximum Gasteiger partial charge on any atom is 0.191 e. The van der Waals surface area contributed by atoms with Crippen molar-refractivity contribution < 1.29 is 4.74 Å². The number of nitrogens with zero attached hydrogens (tertiary/aromatic N) is 1. The standard InChI is InChI=1S/C19H29N3OS.HI/c1-20-19(22-14-17-10-6-12-24-17)21-13-16-9-5-11-23-18(16)15-7-3-2-4-8-15;/h2-4,7-8,16-18H,5-6,9-14H2,1H3,(H2,20,21,22);1H. The van der Waals surface area contributed by atoms with Crippen LogP contribution in [0.1, 0.15) is 37.4 Å². The summed E-state index contributed by atoms with van der Waals surface area (Å²) in [5.74, 6) is 2.71. The number of hydrogen-bond donors (Lipinski definition) is 2. The average Bonchev–Trinajstić information content (AvgIpc) is 3.16. The number of guanidine groups is 1. The zero-order chi connectivity index (χ0) is 16.6. The summed E-state index contributed by atoms with van der Waals surface area (Å²) >= 11 is 2.07. The lowest BCUT2D eigenvalue weighted by Gasteiger charge is -2.32. The first-order chi connectivity index (χ1) is 11.9. The minimum atomic E-state index is 0. The van der Waals surface area contributed by atoms with E-state index in [2.05, 4.69) is 57.7 Å². The summed E-state index contributed by atoms with van der Waals surface area (Å²) in [5.41, 5.74) is 1.29. The van der Waals surface area contributed by atoms with Crippen LogP contribution in [0.5, 0.6) is 0 Å². The number of ether oxygens (including phenoxy) is 1. The van der Waals surface area contributed by atoms with E-state index in [1.54, 1.807) is 0 Å².